The molecular formula is C92H161N13O18. The lowest BCUT2D eigenvalue weighted by molar-refractivity contribution is -0.159. The van der Waals surface area contributed by atoms with Crippen LogP contribution in [0.15, 0.2) is 24.3 Å². The summed E-state index contributed by atoms with van der Waals surface area (Å²) in [5.74, 6) is -1.59. The molecule has 0 bridgehead atoms. The molecule has 2 aromatic rings. The summed E-state index contributed by atoms with van der Waals surface area (Å²) in [5, 5.41) is 11.7. The van der Waals surface area contributed by atoms with E-state index in [0.717, 1.165) is 102 Å². The molecule has 0 aliphatic carbocycles. The highest BCUT2D eigenvalue weighted by atomic mass is 16.6. The molecule has 1 aromatic heterocycles. The van der Waals surface area contributed by atoms with E-state index in [4.69, 9.17) is 57.6 Å². The molecular weight excluding hydrogens is 1580 g/mol. The third-order valence-corrected chi connectivity index (χ3v) is 19.0. The lowest BCUT2D eigenvalue weighted by Crippen LogP contribution is -2.54. The van der Waals surface area contributed by atoms with Crippen molar-refractivity contribution in [3.05, 3.63) is 41.2 Å². The number of unbranched alkanes of at least 4 members (excludes halogenated alkanes) is 8. The quantitative estimate of drug-likeness (QED) is 0.0272. The molecule has 4 rings (SSSR count). The van der Waals surface area contributed by atoms with E-state index in [9.17, 15) is 43.2 Å². The summed E-state index contributed by atoms with van der Waals surface area (Å²) >= 11 is 0. The predicted octanol–water partition coefficient (Wildman–Crippen LogP) is 11.6. The van der Waals surface area contributed by atoms with Gasteiger partial charge in [-0.1, -0.05) is 83.6 Å². The fourth-order valence-corrected chi connectivity index (χ4v) is 13.9. The number of nitrogens with one attached hydrogen (secondary N) is 4. The van der Waals surface area contributed by atoms with Gasteiger partial charge in [0.1, 0.15) is 57.1 Å². The van der Waals surface area contributed by atoms with Crippen LogP contribution in [0.4, 0.5) is 16.7 Å². The number of anilines is 2. The SMILES string of the molecule is CC(C)(C)CN1CCN(CC(=O)OC(C)(C)C)CCN(CC(=O)OC(C)(C)C)CCN(CC(=O)OC(C)(C)C)C(Cc2ccc(Cc3nc(NCCOCCOCCC(=O)OC(C)(C)C)nc(N4CCN(CCCCCCCCCCC(=O)NCCCC[C@H](NC(=O)N[C@@H](CCC(=O)OC(C)(C)C)C(=O)OC(C)(C)C)C(=O)OC(C)(C)C)CC4)n3)cc2)C1. The number of carbonyl (C=O) groups excluding carboxylic acids is 9. The molecule has 1 aromatic carbocycles. The van der Waals surface area contributed by atoms with E-state index in [2.05, 4.69) is 95.7 Å². The minimum absolute atomic E-state index is 0.0303. The molecule has 2 fully saturated rings. The maximum Gasteiger partial charge on any atom is 0.329 e. The van der Waals surface area contributed by atoms with Gasteiger partial charge in [-0.15, -0.1) is 0 Å². The number of amides is 3. The Morgan fingerprint density at radius 2 is 0.846 bits per heavy atom. The summed E-state index contributed by atoms with van der Waals surface area (Å²) in [5.41, 5.74) is -3.06. The Morgan fingerprint density at radius 1 is 0.407 bits per heavy atom. The summed E-state index contributed by atoms with van der Waals surface area (Å²) in [6.07, 6.45) is 11.0. The molecule has 3 atom stereocenters. The average Bonchev–Trinajstić information content (AvgIpc) is 0.825. The third kappa shape index (κ3) is 53.0. The van der Waals surface area contributed by atoms with Gasteiger partial charge in [-0.2, -0.15) is 15.0 Å². The molecule has 4 N–H and O–H groups in total. The van der Waals surface area contributed by atoms with Crippen molar-refractivity contribution in [1.82, 2.24) is 55.4 Å². The minimum atomic E-state index is -1.20. The van der Waals surface area contributed by atoms with E-state index in [-0.39, 0.29) is 93.2 Å². The molecule has 702 valence electrons. The summed E-state index contributed by atoms with van der Waals surface area (Å²) in [6.45, 7) is 55.4. The van der Waals surface area contributed by atoms with Crippen LogP contribution in [0.1, 0.15) is 279 Å². The van der Waals surface area contributed by atoms with Gasteiger partial charge in [0.05, 0.1) is 52.5 Å². The van der Waals surface area contributed by atoms with Gasteiger partial charge >= 0.3 is 47.8 Å². The van der Waals surface area contributed by atoms with E-state index in [0.29, 0.717) is 129 Å². The van der Waals surface area contributed by atoms with Gasteiger partial charge in [0, 0.05) is 117 Å². The van der Waals surface area contributed by atoms with Gasteiger partial charge in [0.15, 0.2) is 0 Å². The second-order valence-corrected chi connectivity index (χ2v) is 41.0. The second kappa shape index (κ2) is 52.0. The van der Waals surface area contributed by atoms with Crippen molar-refractivity contribution in [2.24, 2.45) is 5.41 Å². The molecule has 2 aliphatic heterocycles. The monoisotopic (exact) mass is 1740 g/mol. The van der Waals surface area contributed by atoms with Crippen molar-refractivity contribution in [3.63, 3.8) is 0 Å². The van der Waals surface area contributed by atoms with E-state index in [1.165, 1.54) is 0 Å². The lowest BCUT2D eigenvalue weighted by atomic mass is 9.95. The smallest absolute Gasteiger partial charge is 0.329 e. The number of hydrogen-bond acceptors (Lipinski definition) is 28. The van der Waals surface area contributed by atoms with Crippen LogP contribution in [-0.4, -0.2) is 295 Å². The molecule has 0 radical (unpaired) electrons. The van der Waals surface area contributed by atoms with Crippen LogP contribution < -0.4 is 26.2 Å². The van der Waals surface area contributed by atoms with Gasteiger partial charge < -0.3 is 68.8 Å². The van der Waals surface area contributed by atoms with Crippen molar-refractivity contribution in [2.45, 2.75) is 333 Å². The van der Waals surface area contributed by atoms with E-state index < -0.39 is 75.2 Å². The van der Waals surface area contributed by atoms with Crippen molar-refractivity contribution in [2.75, 3.05) is 154 Å². The van der Waals surface area contributed by atoms with Gasteiger partial charge in [0.2, 0.25) is 17.8 Å². The minimum Gasteiger partial charge on any atom is -0.460 e. The molecule has 2 saturated heterocycles. The first kappa shape index (κ1) is 108. The number of esters is 7. The molecule has 1 unspecified atom stereocenters. The Kier molecular flexibility index (Phi) is 45.6. The number of rotatable bonds is 45. The zero-order valence-electron chi connectivity index (χ0n) is 80.0. The lowest BCUT2D eigenvalue weighted by Gasteiger charge is -2.40. The number of ether oxygens (including phenoxy) is 9. The Balaban J connectivity index is 1.38. The molecule has 0 spiro atoms. The first-order chi connectivity index (χ1) is 57.1. The van der Waals surface area contributed by atoms with Gasteiger partial charge in [-0.05, 0) is 213 Å². The largest absolute Gasteiger partial charge is 0.460 e. The molecule has 31 heteroatoms. The molecule has 2 aliphatic rings. The first-order valence-corrected chi connectivity index (χ1v) is 45.1. The maximum absolute atomic E-state index is 14.1. The predicted molar refractivity (Wildman–Crippen MR) is 478 cm³/mol. The number of piperazine rings is 1. The number of aromatic nitrogens is 3. The van der Waals surface area contributed by atoms with Gasteiger partial charge in [-0.3, -0.25) is 53.3 Å². The highest BCUT2D eigenvalue weighted by Crippen LogP contribution is 2.25. The van der Waals surface area contributed by atoms with Crippen LogP contribution in [0.5, 0.6) is 0 Å². The van der Waals surface area contributed by atoms with Crippen molar-refractivity contribution in [3.8, 4) is 0 Å². The van der Waals surface area contributed by atoms with Crippen molar-refractivity contribution < 1.29 is 85.8 Å². The van der Waals surface area contributed by atoms with Crippen LogP contribution in [0, 0.1) is 5.41 Å². The van der Waals surface area contributed by atoms with Gasteiger partial charge in [0.25, 0.3) is 0 Å². The van der Waals surface area contributed by atoms with Crippen LogP contribution in [0.25, 0.3) is 0 Å². The summed E-state index contributed by atoms with van der Waals surface area (Å²) < 4.78 is 51.3. The maximum atomic E-state index is 14.1. The first-order valence-electron chi connectivity index (χ1n) is 45.1. The highest BCUT2D eigenvalue weighted by Gasteiger charge is 2.35. The number of urea groups is 1. The summed E-state index contributed by atoms with van der Waals surface area (Å²) in [4.78, 5) is 147. The molecule has 31 nitrogen and oxygen atoms in total. The standard InChI is InChI=1S/C92H161N13O18/c1-85(2,3)67-103-50-49-101(64-77(109)119-88(10,11)12)47-48-102(65-78(110)120-89(13,14)15)53-56-105(66-79(111)121-90(16,17)18)70(63-103)61-68-37-39-69(40-38-68)62-73-97-82(94-45-58-116-60-59-115-57-43-76(108)118-87(7,8)9)99-83(98-73)104-54-51-100(52-55-104)46-34-30-28-26-25-27-29-31-36-74(106)93-44-33-32-35-71(80(112)122-91(19,20)21)95-84(114)96-72(81(113)123-92(22,23)24)41-42-75(107)117-86(4,5)6/h37-40,70-72H,25-36,41-67H2,1-24H3,(H,93,106)(H2,95,96,114)(H,94,97,98,99)/t70?,71-,72-/m0/s1. The zero-order valence-corrected chi connectivity index (χ0v) is 80.0. The fourth-order valence-electron chi connectivity index (χ4n) is 13.9. The highest BCUT2D eigenvalue weighted by molar-refractivity contribution is 5.88. The van der Waals surface area contributed by atoms with Crippen molar-refractivity contribution >= 4 is 65.6 Å². The normalized spacial score (nSPS) is 16.4. The molecule has 0 saturated carbocycles. The van der Waals surface area contributed by atoms with Gasteiger partial charge in [-0.25, -0.2) is 14.4 Å². The second-order valence-electron chi connectivity index (χ2n) is 41.0. The number of benzene rings is 1. The Bertz CT molecular complexity index is 3520. The van der Waals surface area contributed by atoms with E-state index >= 15 is 0 Å². The van der Waals surface area contributed by atoms with Crippen LogP contribution in [-0.2, 0) is 93.8 Å². The Morgan fingerprint density at radius 3 is 1.36 bits per heavy atom. The zero-order chi connectivity index (χ0) is 92.0. The summed E-state index contributed by atoms with van der Waals surface area (Å²) in [6, 6.07) is 5.32. The van der Waals surface area contributed by atoms with Crippen LogP contribution >= 0.6 is 0 Å². The third-order valence-electron chi connectivity index (χ3n) is 19.0. The van der Waals surface area contributed by atoms with Crippen molar-refractivity contribution in [1.29, 1.82) is 0 Å². The number of nitrogens with zero attached hydrogens (tertiary/aromatic N) is 9. The molecule has 3 heterocycles. The van der Waals surface area contributed by atoms with Crippen LogP contribution in [0.2, 0.25) is 0 Å². The molecule has 3 amide bonds. The Labute approximate surface area is 737 Å². The topological polar surface area (TPSA) is 343 Å². The average molecular weight is 1740 g/mol. The summed E-state index contributed by atoms with van der Waals surface area (Å²) in [7, 11) is 0. The number of carbonyl (C=O) groups is 9. The Hall–Kier alpha value is -7.42. The molecule has 123 heavy (non-hydrogen) atoms. The number of hydrogen-bond donors (Lipinski definition) is 4. The van der Waals surface area contributed by atoms with Crippen LogP contribution in [0.3, 0.4) is 0 Å². The van der Waals surface area contributed by atoms with E-state index in [1.54, 1.807) is 62.3 Å². The fraction of sp³-hybridized carbons (Fsp3) is 0.804. The van der Waals surface area contributed by atoms with E-state index in [1.807, 2.05) is 83.1 Å².